The summed E-state index contributed by atoms with van der Waals surface area (Å²) in [5.74, 6) is 0. The van der Waals surface area contributed by atoms with E-state index in [2.05, 4.69) is 55.2 Å². The van der Waals surface area contributed by atoms with Crippen LogP contribution >= 0.6 is 11.6 Å². The minimum atomic E-state index is -0.0968. The van der Waals surface area contributed by atoms with Crippen molar-refractivity contribution in [2.45, 2.75) is 25.8 Å². The van der Waals surface area contributed by atoms with Gasteiger partial charge in [-0.05, 0) is 38.0 Å². The summed E-state index contributed by atoms with van der Waals surface area (Å²) in [6, 6.07) is 16.5. The van der Waals surface area contributed by atoms with Crippen molar-refractivity contribution < 1.29 is 0 Å². The summed E-state index contributed by atoms with van der Waals surface area (Å²) in [6.45, 7) is 4.36. The molecule has 0 aliphatic carbocycles. The molecule has 0 bridgehead atoms. The van der Waals surface area contributed by atoms with E-state index in [4.69, 9.17) is 16.6 Å². The second-order valence-electron chi connectivity index (χ2n) is 6.63. The molecule has 1 aliphatic heterocycles. The van der Waals surface area contributed by atoms with E-state index in [1.165, 1.54) is 11.1 Å². The fourth-order valence-electron chi connectivity index (χ4n) is 3.25. The number of aliphatic imine (C=N–C) groups is 1. The first-order valence-electron chi connectivity index (χ1n) is 7.76. The van der Waals surface area contributed by atoms with Crippen LogP contribution in [0.5, 0.6) is 0 Å². The molecule has 1 aliphatic rings. The van der Waals surface area contributed by atoms with Crippen LogP contribution in [0.25, 0.3) is 10.9 Å². The molecule has 1 aromatic heterocycles. The van der Waals surface area contributed by atoms with Crippen molar-refractivity contribution in [1.29, 1.82) is 0 Å². The largest absolute Gasteiger partial charge is 0.278 e. The van der Waals surface area contributed by atoms with Crippen molar-refractivity contribution in [3.05, 3.63) is 76.4 Å². The molecule has 0 atom stereocenters. The van der Waals surface area contributed by atoms with Crippen LogP contribution in [0.15, 0.2) is 59.7 Å². The molecular formula is C20H17ClN2. The highest BCUT2D eigenvalue weighted by Crippen LogP contribution is 2.30. The average Bonchev–Trinajstić information content (AvgIpc) is 2.53. The van der Waals surface area contributed by atoms with Gasteiger partial charge < -0.3 is 0 Å². The molecule has 2 nitrogen and oxygen atoms in total. The third-order valence-electron chi connectivity index (χ3n) is 4.27. The van der Waals surface area contributed by atoms with Gasteiger partial charge in [-0.3, -0.25) is 9.98 Å². The molecule has 4 rings (SSSR count). The number of rotatable bonds is 1. The van der Waals surface area contributed by atoms with Crippen molar-refractivity contribution in [3.8, 4) is 0 Å². The number of aromatic nitrogens is 1. The third kappa shape index (κ3) is 2.53. The van der Waals surface area contributed by atoms with Gasteiger partial charge in [-0.2, -0.15) is 0 Å². The van der Waals surface area contributed by atoms with E-state index in [1.807, 2.05) is 12.1 Å². The highest BCUT2D eigenvalue weighted by molar-refractivity contribution is 6.35. The Hall–Kier alpha value is -2.19. The molecular weight excluding hydrogens is 304 g/mol. The molecule has 23 heavy (non-hydrogen) atoms. The van der Waals surface area contributed by atoms with Crippen molar-refractivity contribution in [2.75, 3.05) is 0 Å². The predicted molar refractivity (Wildman–Crippen MR) is 96.6 cm³/mol. The zero-order valence-electron chi connectivity index (χ0n) is 13.2. The predicted octanol–water partition coefficient (Wildman–Crippen LogP) is 5.06. The summed E-state index contributed by atoms with van der Waals surface area (Å²) in [5.41, 5.74) is 5.50. The fraction of sp³-hybridized carbons (Fsp3) is 0.200. The van der Waals surface area contributed by atoms with Gasteiger partial charge in [0.25, 0.3) is 0 Å². The van der Waals surface area contributed by atoms with Gasteiger partial charge in [0.2, 0.25) is 0 Å². The zero-order valence-corrected chi connectivity index (χ0v) is 13.9. The SMILES string of the molecule is CC1(C)Cc2ccccc2C(c2ccc3c(Cl)ccnc3c2)=N1. The Morgan fingerprint density at radius 3 is 2.74 bits per heavy atom. The standard InChI is InChI=1S/C20H17ClN2/c1-20(2)12-14-5-3-4-6-15(14)19(23-20)13-7-8-16-17(21)9-10-22-18(16)11-13/h3-11H,12H2,1-2H3. The molecule has 3 heteroatoms. The number of benzene rings is 2. The Labute approximate surface area is 140 Å². The minimum Gasteiger partial charge on any atom is -0.278 e. The Kier molecular flexibility index (Phi) is 3.24. The summed E-state index contributed by atoms with van der Waals surface area (Å²) in [4.78, 5) is 9.46. The Bertz CT molecular complexity index is 941. The molecule has 0 spiro atoms. The van der Waals surface area contributed by atoms with E-state index < -0.39 is 0 Å². The maximum Gasteiger partial charge on any atom is 0.0729 e. The van der Waals surface area contributed by atoms with Gasteiger partial charge in [0.05, 0.1) is 21.8 Å². The Morgan fingerprint density at radius 1 is 1.04 bits per heavy atom. The summed E-state index contributed by atoms with van der Waals surface area (Å²) in [7, 11) is 0. The van der Waals surface area contributed by atoms with E-state index in [0.717, 1.165) is 33.6 Å². The van der Waals surface area contributed by atoms with Crippen LogP contribution in [0.2, 0.25) is 5.02 Å². The van der Waals surface area contributed by atoms with Gasteiger partial charge >= 0.3 is 0 Å². The normalized spacial score (nSPS) is 16.0. The van der Waals surface area contributed by atoms with Crippen LogP contribution in [0.3, 0.4) is 0 Å². The lowest BCUT2D eigenvalue weighted by Gasteiger charge is -2.29. The minimum absolute atomic E-state index is 0.0968. The molecule has 0 unspecified atom stereocenters. The van der Waals surface area contributed by atoms with Crippen molar-refractivity contribution >= 4 is 28.2 Å². The second kappa shape index (κ2) is 5.17. The summed E-state index contributed by atoms with van der Waals surface area (Å²) in [6.07, 6.45) is 2.71. The first-order valence-corrected chi connectivity index (χ1v) is 8.14. The quantitative estimate of drug-likeness (QED) is 0.615. The highest BCUT2D eigenvalue weighted by atomic mass is 35.5. The monoisotopic (exact) mass is 320 g/mol. The molecule has 0 fully saturated rings. The van der Waals surface area contributed by atoms with Gasteiger partial charge in [-0.15, -0.1) is 0 Å². The van der Waals surface area contributed by atoms with E-state index in [1.54, 1.807) is 6.20 Å². The average molecular weight is 321 g/mol. The number of hydrogen-bond donors (Lipinski definition) is 0. The molecule has 114 valence electrons. The van der Waals surface area contributed by atoms with E-state index in [0.29, 0.717) is 0 Å². The molecule has 0 saturated heterocycles. The summed E-state index contributed by atoms with van der Waals surface area (Å²) >= 11 is 6.25. The van der Waals surface area contributed by atoms with Crippen molar-refractivity contribution in [2.24, 2.45) is 4.99 Å². The number of hydrogen-bond acceptors (Lipinski definition) is 2. The lowest BCUT2D eigenvalue weighted by molar-refractivity contribution is 0.513. The Balaban J connectivity index is 1.94. The Morgan fingerprint density at radius 2 is 1.87 bits per heavy atom. The number of nitrogens with zero attached hydrogens (tertiary/aromatic N) is 2. The third-order valence-corrected chi connectivity index (χ3v) is 4.60. The second-order valence-corrected chi connectivity index (χ2v) is 7.04. The van der Waals surface area contributed by atoms with Crippen molar-refractivity contribution in [1.82, 2.24) is 4.98 Å². The van der Waals surface area contributed by atoms with Gasteiger partial charge in [-0.25, -0.2) is 0 Å². The lowest BCUT2D eigenvalue weighted by atomic mass is 9.85. The van der Waals surface area contributed by atoms with E-state index in [9.17, 15) is 0 Å². The summed E-state index contributed by atoms with van der Waals surface area (Å²) < 4.78 is 0. The van der Waals surface area contributed by atoms with Crippen LogP contribution in [-0.4, -0.2) is 16.2 Å². The zero-order chi connectivity index (χ0) is 16.0. The molecule has 0 saturated carbocycles. The fourth-order valence-corrected chi connectivity index (χ4v) is 3.47. The molecule has 2 heterocycles. The first kappa shape index (κ1) is 14.4. The van der Waals surface area contributed by atoms with Gasteiger partial charge in [0.15, 0.2) is 0 Å². The van der Waals surface area contributed by atoms with E-state index in [-0.39, 0.29) is 5.54 Å². The lowest BCUT2D eigenvalue weighted by Crippen LogP contribution is -2.29. The maximum atomic E-state index is 6.25. The first-order chi connectivity index (χ1) is 11.0. The molecule has 0 radical (unpaired) electrons. The number of fused-ring (bicyclic) bond motifs is 2. The van der Waals surface area contributed by atoms with Crippen LogP contribution in [-0.2, 0) is 6.42 Å². The van der Waals surface area contributed by atoms with Crippen LogP contribution in [0, 0.1) is 0 Å². The van der Waals surface area contributed by atoms with Crippen LogP contribution < -0.4 is 0 Å². The van der Waals surface area contributed by atoms with Crippen LogP contribution in [0.4, 0.5) is 0 Å². The smallest absolute Gasteiger partial charge is 0.0729 e. The van der Waals surface area contributed by atoms with Gasteiger partial charge in [0, 0.05) is 22.7 Å². The van der Waals surface area contributed by atoms with Gasteiger partial charge in [-0.1, -0.05) is 48.0 Å². The molecule has 0 N–H and O–H groups in total. The van der Waals surface area contributed by atoms with Crippen LogP contribution in [0.1, 0.15) is 30.5 Å². The molecule has 2 aromatic carbocycles. The molecule has 0 amide bonds. The van der Waals surface area contributed by atoms with E-state index >= 15 is 0 Å². The maximum absolute atomic E-state index is 6.25. The topological polar surface area (TPSA) is 25.2 Å². The summed E-state index contributed by atoms with van der Waals surface area (Å²) in [5, 5.41) is 1.70. The highest BCUT2D eigenvalue weighted by Gasteiger charge is 2.27. The molecule has 3 aromatic rings. The number of pyridine rings is 1. The van der Waals surface area contributed by atoms with Crippen molar-refractivity contribution in [3.63, 3.8) is 0 Å². The number of halogens is 1. The van der Waals surface area contributed by atoms with Gasteiger partial charge in [0.1, 0.15) is 0 Å².